The van der Waals surface area contributed by atoms with E-state index in [1.54, 1.807) is 18.2 Å². The van der Waals surface area contributed by atoms with Crippen LogP contribution in [-0.4, -0.2) is 23.7 Å². The maximum absolute atomic E-state index is 11.8. The molecule has 0 spiro atoms. The summed E-state index contributed by atoms with van der Waals surface area (Å²) in [6.07, 6.45) is 0. The van der Waals surface area contributed by atoms with Gasteiger partial charge in [-0.15, -0.1) is 0 Å². The predicted octanol–water partition coefficient (Wildman–Crippen LogP) is 1.96. The van der Waals surface area contributed by atoms with Gasteiger partial charge in [0, 0.05) is 12.3 Å². The molecule has 1 aromatic rings. The molecule has 100 valence electrons. The molecule has 1 rings (SSSR count). The van der Waals surface area contributed by atoms with Gasteiger partial charge in [-0.2, -0.15) is 13.2 Å². The number of para-hydroxylation sites is 1. The average molecular weight is 279 g/mol. The Hall–Kier alpha value is -1.41. The number of hydrogen-bond acceptors (Lipinski definition) is 4. The minimum atomic E-state index is -4.28. The highest BCUT2D eigenvalue weighted by Crippen LogP contribution is 2.29. The van der Waals surface area contributed by atoms with Gasteiger partial charge in [0.15, 0.2) is 0 Å². The Morgan fingerprint density at radius 2 is 2.00 bits per heavy atom. The van der Waals surface area contributed by atoms with E-state index in [2.05, 4.69) is 10.7 Å². The number of nitrogens with one attached hydrogen (secondary N) is 2. The smallest absolute Gasteiger partial charge is 0.351 e. The van der Waals surface area contributed by atoms with Crippen LogP contribution >= 0.6 is 11.8 Å². The second-order valence-electron chi connectivity index (χ2n) is 3.24. The Bertz CT molecular complexity index is 412. The topological polar surface area (TPSA) is 67.1 Å². The monoisotopic (exact) mass is 279 g/mol. The van der Waals surface area contributed by atoms with Crippen molar-refractivity contribution in [2.24, 2.45) is 5.84 Å². The van der Waals surface area contributed by atoms with E-state index in [0.717, 1.165) is 0 Å². The third-order valence-electron chi connectivity index (χ3n) is 1.98. The van der Waals surface area contributed by atoms with Crippen LogP contribution in [0.3, 0.4) is 0 Å². The number of rotatable bonds is 5. The van der Waals surface area contributed by atoms with Crippen molar-refractivity contribution >= 4 is 23.4 Å². The van der Waals surface area contributed by atoms with E-state index in [9.17, 15) is 18.0 Å². The Labute approximate surface area is 106 Å². The molecule has 0 radical (unpaired) electrons. The van der Waals surface area contributed by atoms with E-state index < -0.39 is 11.4 Å². The largest absolute Gasteiger partial charge is 0.441 e. The molecule has 0 aliphatic rings. The van der Waals surface area contributed by atoms with E-state index in [4.69, 9.17) is 5.84 Å². The summed E-state index contributed by atoms with van der Waals surface area (Å²) in [7, 11) is 0. The fourth-order valence-electron chi connectivity index (χ4n) is 1.23. The van der Waals surface area contributed by atoms with Crippen molar-refractivity contribution in [3.05, 3.63) is 29.8 Å². The zero-order chi connectivity index (χ0) is 13.6. The number of halogens is 3. The normalized spacial score (nSPS) is 11.1. The molecule has 0 aliphatic heterocycles. The summed E-state index contributed by atoms with van der Waals surface area (Å²) < 4.78 is 35.5. The highest BCUT2D eigenvalue weighted by atomic mass is 32.2. The van der Waals surface area contributed by atoms with Crippen LogP contribution < -0.4 is 16.6 Å². The lowest BCUT2D eigenvalue weighted by molar-refractivity contribution is -0.0327. The number of hydrazine groups is 1. The molecule has 18 heavy (non-hydrogen) atoms. The number of benzene rings is 1. The zero-order valence-corrected chi connectivity index (χ0v) is 10.1. The highest BCUT2D eigenvalue weighted by Gasteiger charge is 2.27. The van der Waals surface area contributed by atoms with Crippen LogP contribution in [0.1, 0.15) is 10.4 Å². The van der Waals surface area contributed by atoms with E-state index in [1.807, 2.05) is 0 Å². The molecule has 0 aromatic heterocycles. The molecule has 0 saturated heterocycles. The number of nitrogens with two attached hydrogens (primary N) is 1. The minimum Gasteiger partial charge on any atom is -0.351 e. The summed E-state index contributed by atoms with van der Waals surface area (Å²) >= 11 is -0.174. The molecule has 0 bridgehead atoms. The molecule has 0 saturated carbocycles. The number of hydrogen-bond donors (Lipinski definition) is 3. The molecule has 4 nitrogen and oxygen atoms in total. The van der Waals surface area contributed by atoms with E-state index >= 15 is 0 Å². The number of amides is 1. The molecule has 0 atom stereocenters. The molecule has 0 fully saturated rings. The maximum Gasteiger partial charge on any atom is 0.441 e. The lowest BCUT2D eigenvalue weighted by Gasteiger charge is -2.10. The molecule has 0 unspecified atom stereocenters. The molecule has 1 amide bonds. The van der Waals surface area contributed by atoms with Gasteiger partial charge in [0.05, 0.1) is 11.3 Å². The minimum absolute atomic E-state index is 0.0675. The summed E-state index contributed by atoms with van der Waals surface area (Å²) in [6, 6.07) is 6.45. The predicted molar refractivity (Wildman–Crippen MR) is 65.1 cm³/mol. The van der Waals surface area contributed by atoms with Gasteiger partial charge in [0.25, 0.3) is 5.91 Å². The quantitative estimate of drug-likeness (QED) is 0.438. The molecule has 0 aliphatic carbocycles. The number of carbonyl (C=O) groups is 1. The van der Waals surface area contributed by atoms with Crippen molar-refractivity contribution in [2.75, 3.05) is 17.7 Å². The summed E-state index contributed by atoms with van der Waals surface area (Å²) in [5.74, 6) is 4.52. The Morgan fingerprint density at radius 1 is 1.33 bits per heavy atom. The van der Waals surface area contributed by atoms with Crippen molar-refractivity contribution in [1.29, 1.82) is 0 Å². The van der Waals surface area contributed by atoms with Crippen LogP contribution in [-0.2, 0) is 0 Å². The first-order valence-electron chi connectivity index (χ1n) is 4.98. The van der Waals surface area contributed by atoms with Crippen molar-refractivity contribution in [3.8, 4) is 0 Å². The first kappa shape index (κ1) is 14.7. The van der Waals surface area contributed by atoms with Gasteiger partial charge in [-0.25, -0.2) is 0 Å². The van der Waals surface area contributed by atoms with Crippen molar-refractivity contribution < 1.29 is 18.0 Å². The Morgan fingerprint density at radius 3 is 2.61 bits per heavy atom. The Balaban J connectivity index is 2.46. The number of nitrogen functional groups attached to an aromatic ring is 1. The average Bonchev–Trinajstić information content (AvgIpc) is 2.33. The van der Waals surface area contributed by atoms with E-state index in [-0.39, 0.29) is 29.6 Å². The van der Waals surface area contributed by atoms with Gasteiger partial charge in [-0.05, 0) is 23.9 Å². The van der Waals surface area contributed by atoms with Gasteiger partial charge >= 0.3 is 5.51 Å². The van der Waals surface area contributed by atoms with Gasteiger partial charge in [0.2, 0.25) is 0 Å². The second kappa shape index (κ2) is 6.50. The SMILES string of the molecule is NNc1ccccc1C(=O)NCCSC(F)(F)F. The number of anilines is 1. The van der Waals surface area contributed by atoms with Crippen molar-refractivity contribution in [3.63, 3.8) is 0 Å². The van der Waals surface area contributed by atoms with Crippen molar-refractivity contribution in [2.45, 2.75) is 5.51 Å². The summed E-state index contributed by atoms with van der Waals surface area (Å²) in [6.45, 7) is -0.0675. The fourth-order valence-corrected chi connectivity index (χ4v) is 1.67. The van der Waals surface area contributed by atoms with Crippen LogP contribution in [0.15, 0.2) is 24.3 Å². The fraction of sp³-hybridized carbons (Fsp3) is 0.300. The molecular weight excluding hydrogens is 267 g/mol. The van der Waals surface area contributed by atoms with Gasteiger partial charge in [-0.3, -0.25) is 10.6 Å². The molecule has 8 heteroatoms. The maximum atomic E-state index is 11.8. The summed E-state index contributed by atoms with van der Waals surface area (Å²) in [4.78, 5) is 11.7. The van der Waals surface area contributed by atoms with Crippen LogP contribution in [0, 0.1) is 0 Å². The molecule has 0 heterocycles. The molecular formula is C10H12F3N3OS. The van der Waals surface area contributed by atoms with Crippen molar-refractivity contribution in [1.82, 2.24) is 5.32 Å². The third-order valence-corrected chi connectivity index (χ3v) is 2.72. The Kier molecular flexibility index (Phi) is 5.29. The highest BCUT2D eigenvalue weighted by molar-refractivity contribution is 8.00. The second-order valence-corrected chi connectivity index (χ2v) is 4.40. The lowest BCUT2D eigenvalue weighted by atomic mass is 10.1. The van der Waals surface area contributed by atoms with E-state index in [0.29, 0.717) is 5.69 Å². The summed E-state index contributed by atoms with van der Waals surface area (Å²) in [5, 5.41) is 2.39. The standard InChI is InChI=1S/C10H12F3N3OS/c11-10(12,13)18-6-5-15-9(17)7-3-1-2-4-8(7)16-14/h1-4,16H,5-6,14H2,(H,15,17). The third kappa shape index (κ3) is 4.84. The van der Waals surface area contributed by atoms with Gasteiger partial charge in [-0.1, -0.05) is 12.1 Å². The number of alkyl halides is 3. The number of thioether (sulfide) groups is 1. The van der Waals surface area contributed by atoms with Gasteiger partial charge < -0.3 is 10.7 Å². The van der Waals surface area contributed by atoms with Crippen LogP contribution in [0.2, 0.25) is 0 Å². The first-order valence-corrected chi connectivity index (χ1v) is 5.97. The van der Waals surface area contributed by atoms with Crippen LogP contribution in [0.4, 0.5) is 18.9 Å². The zero-order valence-electron chi connectivity index (χ0n) is 9.25. The van der Waals surface area contributed by atoms with Crippen LogP contribution in [0.25, 0.3) is 0 Å². The lowest BCUT2D eigenvalue weighted by Crippen LogP contribution is -2.27. The molecule has 4 N–H and O–H groups in total. The first-order chi connectivity index (χ1) is 8.44. The van der Waals surface area contributed by atoms with Crippen LogP contribution in [0.5, 0.6) is 0 Å². The molecule has 1 aromatic carbocycles. The summed E-state index contributed by atoms with van der Waals surface area (Å²) in [5.41, 5.74) is -1.23. The van der Waals surface area contributed by atoms with E-state index in [1.165, 1.54) is 6.07 Å². The number of carbonyl (C=O) groups excluding carboxylic acids is 1. The van der Waals surface area contributed by atoms with Gasteiger partial charge in [0.1, 0.15) is 0 Å².